The van der Waals surface area contributed by atoms with Crippen LogP contribution in [0, 0.1) is 0 Å². The summed E-state index contributed by atoms with van der Waals surface area (Å²) in [6, 6.07) is -0.163. The fourth-order valence-corrected chi connectivity index (χ4v) is 1.27. The van der Waals surface area contributed by atoms with E-state index < -0.39 is 0 Å². The van der Waals surface area contributed by atoms with E-state index in [-0.39, 0.29) is 12.0 Å². The first-order chi connectivity index (χ1) is 7.15. The van der Waals surface area contributed by atoms with Gasteiger partial charge in [-0.05, 0) is 39.5 Å². The molecule has 0 spiro atoms. The van der Waals surface area contributed by atoms with E-state index in [1.54, 1.807) is 0 Å². The first-order valence-electron chi connectivity index (χ1n) is 5.65. The van der Waals surface area contributed by atoms with Crippen LogP contribution in [0.1, 0.15) is 26.7 Å². The molecule has 1 N–H and O–H groups in total. The van der Waals surface area contributed by atoms with Crippen molar-refractivity contribution in [2.75, 3.05) is 33.8 Å². The molecule has 0 aromatic rings. The zero-order valence-electron chi connectivity index (χ0n) is 10.4. The van der Waals surface area contributed by atoms with Crippen LogP contribution in [0.2, 0.25) is 0 Å². The molecular formula is C11H24N2O2. The van der Waals surface area contributed by atoms with Gasteiger partial charge in [-0.3, -0.25) is 4.79 Å². The maximum absolute atomic E-state index is 11.4. The number of methoxy groups -OCH3 is 1. The molecular weight excluding hydrogens is 192 g/mol. The quantitative estimate of drug-likeness (QED) is 0.611. The summed E-state index contributed by atoms with van der Waals surface area (Å²) in [6.07, 6.45) is 1.83. The topological polar surface area (TPSA) is 41.6 Å². The van der Waals surface area contributed by atoms with Crippen molar-refractivity contribution in [1.82, 2.24) is 10.2 Å². The number of hydrogen-bond donors (Lipinski definition) is 1. The molecule has 90 valence electrons. The maximum atomic E-state index is 11.4. The molecule has 0 saturated carbocycles. The maximum Gasteiger partial charge on any atom is 0.322 e. The number of ether oxygens (including phenoxy) is 1. The van der Waals surface area contributed by atoms with E-state index in [0.29, 0.717) is 0 Å². The van der Waals surface area contributed by atoms with Gasteiger partial charge in [0, 0.05) is 0 Å². The summed E-state index contributed by atoms with van der Waals surface area (Å²) >= 11 is 0. The summed E-state index contributed by atoms with van der Waals surface area (Å²) < 4.78 is 4.76. The number of carbonyl (C=O) groups excluding carboxylic acids is 1. The van der Waals surface area contributed by atoms with Crippen LogP contribution in [0.15, 0.2) is 0 Å². The van der Waals surface area contributed by atoms with Gasteiger partial charge >= 0.3 is 5.97 Å². The Labute approximate surface area is 93.0 Å². The Morgan fingerprint density at radius 2 is 2.13 bits per heavy atom. The van der Waals surface area contributed by atoms with Gasteiger partial charge in [0.15, 0.2) is 0 Å². The third kappa shape index (κ3) is 6.47. The van der Waals surface area contributed by atoms with Crippen molar-refractivity contribution >= 4 is 5.97 Å². The number of nitrogens with one attached hydrogen (secondary N) is 1. The summed E-state index contributed by atoms with van der Waals surface area (Å²) in [4.78, 5) is 13.6. The van der Waals surface area contributed by atoms with Crippen molar-refractivity contribution in [2.24, 2.45) is 0 Å². The van der Waals surface area contributed by atoms with Crippen molar-refractivity contribution in [3.8, 4) is 0 Å². The van der Waals surface area contributed by atoms with Crippen LogP contribution in [0.5, 0.6) is 0 Å². The Morgan fingerprint density at radius 1 is 1.47 bits per heavy atom. The molecule has 0 aliphatic rings. The lowest BCUT2D eigenvalue weighted by molar-refractivity contribution is -0.143. The van der Waals surface area contributed by atoms with Gasteiger partial charge in [-0.15, -0.1) is 0 Å². The summed E-state index contributed by atoms with van der Waals surface area (Å²) in [5.74, 6) is -0.159. The highest BCUT2D eigenvalue weighted by Gasteiger charge is 2.17. The zero-order chi connectivity index (χ0) is 11.7. The Morgan fingerprint density at radius 3 is 2.60 bits per heavy atom. The third-order valence-electron chi connectivity index (χ3n) is 2.47. The highest BCUT2D eigenvalue weighted by atomic mass is 16.5. The van der Waals surface area contributed by atoms with Crippen LogP contribution in [-0.2, 0) is 9.53 Å². The molecule has 0 aromatic carbocycles. The Kier molecular flexibility index (Phi) is 8.33. The second-order valence-electron chi connectivity index (χ2n) is 3.71. The van der Waals surface area contributed by atoms with Gasteiger partial charge in [0.1, 0.15) is 6.04 Å². The molecule has 0 amide bonds. The lowest BCUT2D eigenvalue weighted by Crippen LogP contribution is -2.40. The van der Waals surface area contributed by atoms with Crippen molar-refractivity contribution in [2.45, 2.75) is 32.7 Å². The van der Waals surface area contributed by atoms with Crippen LogP contribution in [-0.4, -0.2) is 50.7 Å². The molecule has 15 heavy (non-hydrogen) atoms. The molecule has 1 unspecified atom stereocenters. The second kappa shape index (κ2) is 8.68. The molecule has 0 aliphatic carbocycles. The highest BCUT2D eigenvalue weighted by Crippen LogP contribution is 1.97. The fraction of sp³-hybridized carbons (Fsp3) is 0.909. The minimum Gasteiger partial charge on any atom is -0.468 e. The SMILES string of the molecule is CCCNC(CCN(C)CC)C(=O)OC. The van der Waals surface area contributed by atoms with E-state index in [1.165, 1.54) is 7.11 Å². The first-order valence-corrected chi connectivity index (χ1v) is 5.65. The highest BCUT2D eigenvalue weighted by molar-refractivity contribution is 5.75. The van der Waals surface area contributed by atoms with Crippen LogP contribution in [0.4, 0.5) is 0 Å². The van der Waals surface area contributed by atoms with Crippen LogP contribution in [0.25, 0.3) is 0 Å². The standard InChI is InChI=1S/C11H24N2O2/c1-5-8-12-10(11(14)15-4)7-9-13(3)6-2/h10,12H,5-9H2,1-4H3. The van der Waals surface area contributed by atoms with Crippen molar-refractivity contribution in [1.29, 1.82) is 0 Å². The molecule has 1 atom stereocenters. The zero-order valence-corrected chi connectivity index (χ0v) is 10.4. The average Bonchev–Trinajstić information content (AvgIpc) is 2.27. The molecule has 0 aliphatic heterocycles. The van der Waals surface area contributed by atoms with Crippen LogP contribution < -0.4 is 5.32 Å². The average molecular weight is 216 g/mol. The van der Waals surface area contributed by atoms with Gasteiger partial charge in [0.2, 0.25) is 0 Å². The fourth-order valence-electron chi connectivity index (χ4n) is 1.27. The van der Waals surface area contributed by atoms with E-state index in [2.05, 4.69) is 24.1 Å². The minimum absolute atomic E-state index is 0.159. The van der Waals surface area contributed by atoms with Crippen molar-refractivity contribution < 1.29 is 9.53 Å². The summed E-state index contributed by atoms with van der Waals surface area (Å²) in [5.41, 5.74) is 0. The van der Waals surface area contributed by atoms with Gasteiger partial charge in [-0.2, -0.15) is 0 Å². The Bertz CT molecular complexity index is 174. The van der Waals surface area contributed by atoms with E-state index in [4.69, 9.17) is 4.74 Å². The number of rotatable bonds is 8. The predicted molar refractivity (Wildman–Crippen MR) is 61.9 cm³/mol. The number of nitrogens with zero attached hydrogens (tertiary/aromatic N) is 1. The van der Waals surface area contributed by atoms with Gasteiger partial charge in [0.05, 0.1) is 7.11 Å². The molecule has 0 rings (SSSR count). The molecule has 0 aromatic heterocycles. The number of hydrogen-bond acceptors (Lipinski definition) is 4. The lowest BCUT2D eigenvalue weighted by atomic mass is 10.2. The molecule has 0 heterocycles. The lowest BCUT2D eigenvalue weighted by Gasteiger charge is -2.19. The van der Waals surface area contributed by atoms with Gasteiger partial charge in [-0.25, -0.2) is 0 Å². The van der Waals surface area contributed by atoms with E-state index in [1.807, 2.05) is 7.05 Å². The second-order valence-corrected chi connectivity index (χ2v) is 3.71. The Hall–Kier alpha value is -0.610. The van der Waals surface area contributed by atoms with Gasteiger partial charge in [-0.1, -0.05) is 13.8 Å². The molecule has 0 saturated heterocycles. The molecule has 4 nitrogen and oxygen atoms in total. The van der Waals surface area contributed by atoms with Gasteiger partial charge in [0.25, 0.3) is 0 Å². The number of esters is 1. The monoisotopic (exact) mass is 216 g/mol. The summed E-state index contributed by atoms with van der Waals surface area (Å²) in [6.45, 7) is 6.95. The summed E-state index contributed by atoms with van der Waals surface area (Å²) in [5, 5.41) is 3.20. The summed E-state index contributed by atoms with van der Waals surface area (Å²) in [7, 11) is 3.49. The van der Waals surface area contributed by atoms with Crippen molar-refractivity contribution in [3.63, 3.8) is 0 Å². The minimum atomic E-state index is -0.163. The molecule has 0 bridgehead atoms. The smallest absolute Gasteiger partial charge is 0.322 e. The van der Waals surface area contributed by atoms with Crippen molar-refractivity contribution in [3.05, 3.63) is 0 Å². The van der Waals surface area contributed by atoms with E-state index in [0.717, 1.165) is 32.5 Å². The molecule has 4 heteroatoms. The van der Waals surface area contributed by atoms with E-state index in [9.17, 15) is 4.79 Å². The van der Waals surface area contributed by atoms with Crippen LogP contribution in [0.3, 0.4) is 0 Å². The third-order valence-corrected chi connectivity index (χ3v) is 2.47. The largest absolute Gasteiger partial charge is 0.468 e. The van der Waals surface area contributed by atoms with Crippen LogP contribution >= 0.6 is 0 Å². The predicted octanol–water partition coefficient (Wildman–Crippen LogP) is 0.869. The number of carbonyl (C=O) groups is 1. The first kappa shape index (κ1) is 14.4. The molecule has 0 radical (unpaired) electrons. The Balaban J connectivity index is 3.95. The van der Waals surface area contributed by atoms with Gasteiger partial charge < -0.3 is 15.0 Å². The molecule has 0 fully saturated rings. The van der Waals surface area contributed by atoms with E-state index >= 15 is 0 Å². The normalized spacial score (nSPS) is 12.9.